The van der Waals surface area contributed by atoms with Crippen molar-refractivity contribution in [3.8, 4) is 0 Å². The van der Waals surface area contributed by atoms with E-state index in [0.29, 0.717) is 18.7 Å². The summed E-state index contributed by atoms with van der Waals surface area (Å²) >= 11 is 0. The van der Waals surface area contributed by atoms with Crippen molar-refractivity contribution in [1.29, 1.82) is 0 Å². The Morgan fingerprint density at radius 2 is 2.20 bits per heavy atom. The van der Waals surface area contributed by atoms with Gasteiger partial charge in [-0.1, -0.05) is 30.3 Å². The molecule has 0 spiro atoms. The number of aromatic amines is 1. The van der Waals surface area contributed by atoms with E-state index in [4.69, 9.17) is 9.84 Å². The number of aliphatic carboxylic acids is 1. The van der Waals surface area contributed by atoms with Crippen molar-refractivity contribution in [2.45, 2.75) is 19.1 Å². The average molecular weight is 275 g/mol. The second-order valence-electron chi connectivity index (χ2n) is 4.34. The zero-order valence-corrected chi connectivity index (χ0v) is 11.0. The van der Waals surface area contributed by atoms with E-state index in [1.54, 1.807) is 6.20 Å². The summed E-state index contributed by atoms with van der Waals surface area (Å²) in [7, 11) is 0. The number of aromatic nitrogens is 2. The largest absolute Gasteiger partial charge is 0.480 e. The molecule has 0 aliphatic heterocycles. The Labute approximate surface area is 116 Å². The Bertz CT molecular complexity index is 514. The van der Waals surface area contributed by atoms with Crippen molar-refractivity contribution in [1.82, 2.24) is 15.3 Å². The van der Waals surface area contributed by atoms with Crippen LogP contribution in [0.25, 0.3) is 0 Å². The van der Waals surface area contributed by atoms with Crippen LogP contribution in [0, 0.1) is 0 Å². The molecule has 0 fully saturated rings. The lowest BCUT2D eigenvalue weighted by Crippen LogP contribution is -2.39. The third-order valence-electron chi connectivity index (χ3n) is 2.81. The van der Waals surface area contributed by atoms with Crippen molar-refractivity contribution in [3.05, 3.63) is 54.1 Å². The quantitative estimate of drug-likeness (QED) is 0.497. The van der Waals surface area contributed by atoms with Crippen molar-refractivity contribution in [2.24, 2.45) is 0 Å². The minimum Gasteiger partial charge on any atom is -0.480 e. The topological polar surface area (TPSA) is 87.2 Å². The summed E-state index contributed by atoms with van der Waals surface area (Å²) in [6, 6.07) is 9.00. The minimum atomic E-state index is -0.920. The SMILES string of the molecule is O=C(O)C(Cc1c[nH]cn1)NCOCc1ccccc1. The van der Waals surface area contributed by atoms with Crippen LogP contribution in [0.5, 0.6) is 0 Å². The molecule has 1 heterocycles. The van der Waals surface area contributed by atoms with Gasteiger partial charge < -0.3 is 14.8 Å². The minimum absolute atomic E-state index is 0.177. The molecular weight excluding hydrogens is 258 g/mol. The van der Waals surface area contributed by atoms with Gasteiger partial charge in [0.1, 0.15) is 6.04 Å². The molecule has 0 radical (unpaired) electrons. The normalized spacial score (nSPS) is 12.2. The lowest BCUT2D eigenvalue weighted by Gasteiger charge is -2.13. The second-order valence-corrected chi connectivity index (χ2v) is 4.34. The maximum Gasteiger partial charge on any atom is 0.321 e. The first-order valence-electron chi connectivity index (χ1n) is 6.31. The van der Waals surface area contributed by atoms with E-state index in [0.717, 1.165) is 5.56 Å². The number of rotatable bonds is 8. The predicted octanol–water partition coefficient (Wildman–Crippen LogP) is 1.17. The summed E-state index contributed by atoms with van der Waals surface area (Å²) in [6.45, 7) is 0.624. The smallest absolute Gasteiger partial charge is 0.321 e. The van der Waals surface area contributed by atoms with Crippen LogP contribution in [0.1, 0.15) is 11.3 Å². The van der Waals surface area contributed by atoms with E-state index in [9.17, 15) is 4.79 Å². The monoisotopic (exact) mass is 275 g/mol. The van der Waals surface area contributed by atoms with E-state index in [1.165, 1.54) is 6.33 Å². The zero-order chi connectivity index (χ0) is 14.2. The average Bonchev–Trinajstić information content (AvgIpc) is 2.96. The van der Waals surface area contributed by atoms with Gasteiger partial charge in [0.2, 0.25) is 0 Å². The van der Waals surface area contributed by atoms with Gasteiger partial charge >= 0.3 is 5.97 Å². The molecule has 0 aliphatic carbocycles. The molecule has 1 unspecified atom stereocenters. The number of hydrogen-bond donors (Lipinski definition) is 3. The number of hydrogen-bond acceptors (Lipinski definition) is 4. The molecule has 1 aromatic carbocycles. The fraction of sp³-hybridized carbons (Fsp3) is 0.286. The number of benzene rings is 1. The van der Waals surface area contributed by atoms with Gasteiger partial charge in [0.05, 0.1) is 25.4 Å². The highest BCUT2D eigenvalue weighted by Crippen LogP contribution is 2.01. The molecule has 0 aliphatic rings. The molecule has 20 heavy (non-hydrogen) atoms. The molecule has 1 atom stereocenters. The van der Waals surface area contributed by atoms with E-state index < -0.39 is 12.0 Å². The summed E-state index contributed by atoms with van der Waals surface area (Å²) in [5.41, 5.74) is 1.75. The third kappa shape index (κ3) is 4.49. The summed E-state index contributed by atoms with van der Waals surface area (Å²) in [5, 5.41) is 12.0. The van der Waals surface area contributed by atoms with Gasteiger partial charge in [-0.25, -0.2) is 4.98 Å². The van der Waals surface area contributed by atoms with Gasteiger partial charge in [-0.15, -0.1) is 0 Å². The molecule has 3 N–H and O–H groups in total. The molecule has 0 saturated heterocycles. The van der Waals surface area contributed by atoms with Gasteiger partial charge in [0, 0.05) is 12.6 Å². The van der Waals surface area contributed by atoms with Crippen molar-refractivity contribution in [2.75, 3.05) is 6.73 Å². The number of imidazole rings is 1. The molecule has 0 saturated carbocycles. The van der Waals surface area contributed by atoms with Crippen LogP contribution in [0.15, 0.2) is 42.9 Å². The Morgan fingerprint density at radius 3 is 2.85 bits per heavy atom. The van der Waals surface area contributed by atoms with E-state index in [1.807, 2.05) is 30.3 Å². The number of H-pyrrole nitrogens is 1. The summed E-state index contributed by atoms with van der Waals surface area (Å²) in [4.78, 5) is 17.9. The number of carbonyl (C=O) groups is 1. The van der Waals surface area contributed by atoms with Crippen LogP contribution >= 0.6 is 0 Å². The zero-order valence-electron chi connectivity index (χ0n) is 11.0. The highest BCUT2D eigenvalue weighted by atomic mass is 16.5. The fourth-order valence-electron chi connectivity index (χ4n) is 1.76. The molecule has 2 rings (SSSR count). The fourth-order valence-corrected chi connectivity index (χ4v) is 1.76. The lowest BCUT2D eigenvalue weighted by atomic mass is 10.2. The van der Waals surface area contributed by atoms with Crippen LogP contribution < -0.4 is 5.32 Å². The summed E-state index contributed by atoms with van der Waals surface area (Å²) in [5.74, 6) is -0.920. The van der Waals surface area contributed by atoms with Gasteiger partial charge in [-0.2, -0.15) is 0 Å². The van der Waals surface area contributed by atoms with Gasteiger partial charge in [0.25, 0.3) is 0 Å². The van der Waals surface area contributed by atoms with Crippen molar-refractivity contribution in [3.63, 3.8) is 0 Å². The van der Waals surface area contributed by atoms with Crippen LogP contribution in [-0.2, 0) is 22.6 Å². The second kappa shape index (κ2) is 7.42. The first kappa shape index (κ1) is 14.2. The van der Waals surface area contributed by atoms with Crippen molar-refractivity contribution >= 4 is 5.97 Å². The molecule has 106 valence electrons. The van der Waals surface area contributed by atoms with Crippen LogP contribution in [0.4, 0.5) is 0 Å². The number of ether oxygens (including phenoxy) is 1. The Morgan fingerprint density at radius 1 is 1.40 bits per heavy atom. The standard InChI is InChI=1S/C14H17N3O3/c18-14(19)13(6-12-7-15-9-16-12)17-10-20-8-11-4-2-1-3-5-11/h1-5,7,9,13,17H,6,8,10H2,(H,15,16)(H,18,19). The molecule has 6 nitrogen and oxygen atoms in total. The van der Waals surface area contributed by atoms with Crippen LogP contribution in [-0.4, -0.2) is 33.8 Å². The summed E-state index contributed by atoms with van der Waals surface area (Å²) < 4.78 is 5.42. The first-order valence-corrected chi connectivity index (χ1v) is 6.31. The number of carboxylic acid groups (broad SMARTS) is 1. The summed E-state index contributed by atoms with van der Waals surface area (Å²) in [6.07, 6.45) is 3.52. The Kier molecular flexibility index (Phi) is 5.28. The maximum atomic E-state index is 11.1. The molecule has 2 aromatic rings. The Hall–Kier alpha value is -2.18. The molecular formula is C14H17N3O3. The highest BCUT2D eigenvalue weighted by Gasteiger charge is 2.17. The molecule has 0 amide bonds. The van der Waals surface area contributed by atoms with E-state index >= 15 is 0 Å². The van der Waals surface area contributed by atoms with Crippen molar-refractivity contribution < 1.29 is 14.6 Å². The molecule has 6 heteroatoms. The lowest BCUT2D eigenvalue weighted by molar-refractivity contribution is -0.140. The number of nitrogens with zero attached hydrogens (tertiary/aromatic N) is 1. The van der Waals surface area contributed by atoms with Crippen LogP contribution in [0.3, 0.4) is 0 Å². The number of carboxylic acids is 1. The molecule has 0 bridgehead atoms. The Balaban J connectivity index is 1.74. The van der Waals surface area contributed by atoms with Gasteiger partial charge in [-0.05, 0) is 5.56 Å². The molecule has 1 aromatic heterocycles. The predicted molar refractivity (Wildman–Crippen MR) is 72.9 cm³/mol. The number of nitrogens with one attached hydrogen (secondary N) is 2. The van der Waals surface area contributed by atoms with E-state index in [-0.39, 0.29) is 6.73 Å². The third-order valence-corrected chi connectivity index (χ3v) is 2.81. The highest BCUT2D eigenvalue weighted by molar-refractivity contribution is 5.73. The van der Waals surface area contributed by atoms with E-state index in [2.05, 4.69) is 15.3 Å². The van der Waals surface area contributed by atoms with Gasteiger partial charge in [-0.3, -0.25) is 10.1 Å². The van der Waals surface area contributed by atoms with Gasteiger partial charge in [0.15, 0.2) is 0 Å². The van der Waals surface area contributed by atoms with Crippen LogP contribution in [0.2, 0.25) is 0 Å². The maximum absolute atomic E-state index is 11.1. The first-order chi connectivity index (χ1) is 9.75.